The monoisotopic (exact) mass is 404 g/mol. The summed E-state index contributed by atoms with van der Waals surface area (Å²) in [6.45, 7) is 3.80. The van der Waals surface area contributed by atoms with Crippen LogP contribution >= 0.6 is 0 Å². The molecule has 2 aromatic rings. The van der Waals surface area contributed by atoms with E-state index in [2.05, 4.69) is 4.72 Å². The second kappa shape index (κ2) is 9.36. The molecule has 0 bridgehead atoms. The molecule has 28 heavy (non-hydrogen) atoms. The number of hydrogen-bond acceptors (Lipinski definition) is 5. The van der Waals surface area contributed by atoms with Crippen LogP contribution in [0.2, 0.25) is 0 Å². The van der Waals surface area contributed by atoms with Crippen molar-refractivity contribution in [1.29, 1.82) is 0 Å². The van der Waals surface area contributed by atoms with Crippen LogP contribution in [-0.4, -0.2) is 44.1 Å². The molecule has 0 radical (unpaired) electrons. The minimum atomic E-state index is -3.40. The summed E-state index contributed by atoms with van der Waals surface area (Å²) < 4.78 is 30.1. The van der Waals surface area contributed by atoms with E-state index in [0.29, 0.717) is 11.3 Å². The standard InChI is InChI=1S/C20H24N2O5S/c1-4-27-20(24)15(2)22(14-16-8-6-5-7-9-16)19(23)17-10-12-18(13-11-17)21-28(3,25)26/h5-13,15,21H,4,14H2,1-3H3. The normalized spacial score (nSPS) is 12.1. The highest BCUT2D eigenvalue weighted by atomic mass is 32.2. The van der Waals surface area contributed by atoms with E-state index in [1.54, 1.807) is 13.8 Å². The second-order valence-corrected chi connectivity index (χ2v) is 8.05. The number of anilines is 1. The van der Waals surface area contributed by atoms with E-state index in [4.69, 9.17) is 4.74 Å². The summed E-state index contributed by atoms with van der Waals surface area (Å²) in [6, 6.07) is 14.6. The van der Waals surface area contributed by atoms with Gasteiger partial charge in [0.2, 0.25) is 10.0 Å². The molecule has 0 saturated carbocycles. The average molecular weight is 404 g/mol. The van der Waals surface area contributed by atoms with Gasteiger partial charge in [-0.1, -0.05) is 30.3 Å². The number of esters is 1. The zero-order valence-electron chi connectivity index (χ0n) is 16.1. The molecule has 0 heterocycles. The number of benzene rings is 2. The Morgan fingerprint density at radius 1 is 1.07 bits per heavy atom. The van der Waals surface area contributed by atoms with Crippen LogP contribution < -0.4 is 4.72 Å². The summed E-state index contributed by atoms with van der Waals surface area (Å²) in [5, 5.41) is 0. The Kier molecular flexibility index (Phi) is 7.17. The van der Waals surface area contributed by atoms with Crippen molar-refractivity contribution in [2.24, 2.45) is 0 Å². The number of ether oxygens (including phenoxy) is 1. The van der Waals surface area contributed by atoms with Gasteiger partial charge in [0.05, 0.1) is 12.9 Å². The maximum absolute atomic E-state index is 13.1. The summed E-state index contributed by atoms with van der Waals surface area (Å²) in [7, 11) is -3.40. The molecule has 0 aromatic heterocycles. The zero-order chi connectivity index (χ0) is 20.7. The molecule has 1 N–H and O–H groups in total. The zero-order valence-corrected chi connectivity index (χ0v) is 16.9. The molecule has 7 nitrogen and oxygen atoms in total. The quantitative estimate of drug-likeness (QED) is 0.683. The molecule has 2 rings (SSSR count). The van der Waals surface area contributed by atoms with E-state index in [1.807, 2.05) is 30.3 Å². The molecule has 0 spiro atoms. The van der Waals surface area contributed by atoms with Crippen molar-refractivity contribution in [2.75, 3.05) is 17.6 Å². The van der Waals surface area contributed by atoms with E-state index in [-0.39, 0.29) is 19.1 Å². The van der Waals surface area contributed by atoms with Crippen molar-refractivity contribution in [3.63, 3.8) is 0 Å². The van der Waals surface area contributed by atoms with Gasteiger partial charge < -0.3 is 9.64 Å². The van der Waals surface area contributed by atoms with Crippen molar-refractivity contribution in [2.45, 2.75) is 26.4 Å². The third-order valence-electron chi connectivity index (χ3n) is 3.99. The third-order valence-corrected chi connectivity index (χ3v) is 4.59. The number of nitrogens with one attached hydrogen (secondary N) is 1. The lowest BCUT2D eigenvalue weighted by atomic mass is 10.1. The first-order valence-electron chi connectivity index (χ1n) is 8.80. The van der Waals surface area contributed by atoms with Crippen LogP contribution in [0.3, 0.4) is 0 Å². The van der Waals surface area contributed by atoms with Gasteiger partial charge in [0, 0.05) is 17.8 Å². The lowest BCUT2D eigenvalue weighted by Gasteiger charge is -2.28. The van der Waals surface area contributed by atoms with Crippen molar-refractivity contribution in [3.8, 4) is 0 Å². The van der Waals surface area contributed by atoms with Gasteiger partial charge in [-0.15, -0.1) is 0 Å². The van der Waals surface area contributed by atoms with Gasteiger partial charge in [-0.3, -0.25) is 9.52 Å². The van der Waals surface area contributed by atoms with Crippen LogP contribution in [0.5, 0.6) is 0 Å². The summed E-state index contributed by atoms with van der Waals surface area (Å²) in [5.41, 5.74) is 1.57. The smallest absolute Gasteiger partial charge is 0.328 e. The number of carbonyl (C=O) groups excluding carboxylic acids is 2. The van der Waals surface area contributed by atoms with E-state index in [1.165, 1.54) is 29.2 Å². The predicted octanol–water partition coefficient (Wildman–Crippen LogP) is 2.65. The Balaban J connectivity index is 2.28. The van der Waals surface area contributed by atoms with Gasteiger partial charge in [0.25, 0.3) is 5.91 Å². The summed E-state index contributed by atoms with van der Waals surface area (Å²) in [6.07, 6.45) is 1.05. The molecule has 1 atom stereocenters. The molecule has 0 fully saturated rings. The number of amides is 1. The van der Waals surface area contributed by atoms with Gasteiger partial charge >= 0.3 is 5.97 Å². The molecular formula is C20H24N2O5S. The number of sulfonamides is 1. The summed E-state index contributed by atoms with van der Waals surface area (Å²) in [4.78, 5) is 26.7. The molecular weight excluding hydrogens is 380 g/mol. The maximum atomic E-state index is 13.1. The van der Waals surface area contributed by atoms with Crippen LogP contribution in [0.15, 0.2) is 54.6 Å². The highest BCUT2D eigenvalue weighted by Crippen LogP contribution is 2.17. The molecule has 1 amide bonds. The third kappa shape index (κ3) is 6.09. The molecule has 2 aromatic carbocycles. The van der Waals surface area contributed by atoms with Crippen LogP contribution in [0.25, 0.3) is 0 Å². The minimum Gasteiger partial charge on any atom is -0.464 e. The van der Waals surface area contributed by atoms with Gasteiger partial charge in [-0.2, -0.15) is 0 Å². The van der Waals surface area contributed by atoms with Crippen molar-refractivity contribution < 1.29 is 22.7 Å². The Bertz CT molecular complexity index is 911. The van der Waals surface area contributed by atoms with Gasteiger partial charge in [-0.25, -0.2) is 13.2 Å². The Hall–Kier alpha value is -2.87. The number of nitrogens with zero attached hydrogens (tertiary/aromatic N) is 1. The first-order valence-corrected chi connectivity index (χ1v) is 10.7. The molecule has 0 aliphatic carbocycles. The Morgan fingerprint density at radius 3 is 2.21 bits per heavy atom. The van der Waals surface area contributed by atoms with Gasteiger partial charge in [-0.05, 0) is 43.7 Å². The average Bonchev–Trinajstić information content (AvgIpc) is 2.65. The molecule has 0 aliphatic heterocycles. The van der Waals surface area contributed by atoms with Crippen molar-refractivity contribution >= 4 is 27.6 Å². The van der Waals surface area contributed by atoms with Gasteiger partial charge in [0.1, 0.15) is 6.04 Å². The summed E-state index contributed by atoms with van der Waals surface area (Å²) >= 11 is 0. The first-order chi connectivity index (χ1) is 13.2. The fourth-order valence-electron chi connectivity index (χ4n) is 2.62. The fourth-order valence-corrected chi connectivity index (χ4v) is 3.18. The topological polar surface area (TPSA) is 92.8 Å². The SMILES string of the molecule is CCOC(=O)C(C)N(Cc1ccccc1)C(=O)c1ccc(NS(C)(=O)=O)cc1. The Labute approximate surface area is 165 Å². The second-order valence-electron chi connectivity index (χ2n) is 6.30. The lowest BCUT2D eigenvalue weighted by Crippen LogP contribution is -2.43. The van der Waals surface area contributed by atoms with Crippen LogP contribution in [-0.2, 0) is 26.1 Å². The molecule has 150 valence electrons. The van der Waals surface area contributed by atoms with Crippen molar-refractivity contribution in [1.82, 2.24) is 4.90 Å². The number of rotatable bonds is 8. The highest BCUT2D eigenvalue weighted by Gasteiger charge is 2.28. The number of hydrogen-bond donors (Lipinski definition) is 1. The fraction of sp³-hybridized carbons (Fsp3) is 0.300. The van der Waals surface area contributed by atoms with E-state index in [0.717, 1.165) is 11.8 Å². The van der Waals surface area contributed by atoms with Crippen LogP contribution in [0, 0.1) is 0 Å². The van der Waals surface area contributed by atoms with Crippen LogP contribution in [0.4, 0.5) is 5.69 Å². The van der Waals surface area contributed by atoms with E-state index < -0.39 is 22.0 Å². The molecule has 0 aliphatic rings. The maximum Gasteiger partial charge on any atom is 0.328 e. The summed E-state index contributed by atoms with van der Waals surface area (Å²) in [5.74, 6) is -0.836. The number of carbonyl (C=O) groups is 2. The van der Waals surface area contributed by atoms with Crippen LogP contribution in [0.1, 0.15) is 29.8 Å². The lowest BCUT2D eigenvalue weighted by molar-refractivity contribution is -0.148. The largest absolute Gasteiger partial charge is 0.464 e. The first kappa shape index (κ1) is 21.4. The minimum absolute atomic E-state index is 0.225. The Morgan fingerprint density at radius 2 is 1.68 bits per heavy atom. The predicted molar refractivity (Wildman–Crippen MR) is 107 cm³/mol. The van der Waals surface area contributed by atoms with Crippen molar-refractivity contribution in [3.05, 3.63) is 65.7 Å². The molecule has 1 unspecified atom stereocenters. The molecule has 8 heteroatoms. The van der Waals surface area contributed by atoms with Gasteiger partial charge in [0.15, 0.2) is 0 Å². The van der Waals surface area contributed by atoms with E-state index in [9.17, 15) is 18.0 Å². The molecule has 0 saturated heterocycles. The highest BCUT2D eigenvalue weighted by molar-refractivity contribution is 7.92. The van der Waals surface area contributed by atoms with E-state index >= 15 is 0 Å².